The number of carbonyl (C=O) groups excluding carboxylic acids is 1. The third-order valence-corrected chi connectivity index (χ3v) is 2.23. The predicted octanol–water partition coefficient (Wildman–Crippen LogP) is -0.0323. The number of β-amino-alcohol motifs (C(OH)–C–C–N with tert-alkyl or cyclic N) is 1. The molecule has 0 aromatic heterocycles. The average molecular weight is 200 g/mol. The molecule has 0 radical (unpaired) electrons. The Kier molecular flexibility index (Phi) is 3.50. The molecule has 4 nitrogen and oxygen atoms in total. The van der Waals surface area contributed by atoms with Gasteiger partial charge in [-0.05, 0) is 20.8 Å². The second-order valence-electron chi connectivity index (χ2n) is 4.68. The highest BCUT2D eigenvalue weighted by Gasteiger charge is 2.35. The monoisotopic (exact) mass is 200 g/mol. The SMILES string of the molecule is CC(C)NC(=O)CCN1CC(C)(O)C1. The Morgan fingerprint density at radius 3 is 2.57 bits per heavy atom. The molecule has 14 heavy (non-hydrogen) atoms. The molecule has 0 spiro atoms. The van der Waals surface area contributed by atoms with Gasteiger partial charge in [-0.2, -0.15) is 0 Å². The Balaban J connectivity index is 2.08. The Bertz CT molecular complexity index is 206. The third kappa shape index (κ3) is 3.64. The van der Waals surface area contributed by atoms with Crippen molar-refractivity contribution in [1.82, 2.24) is 10.2 Å². The van der Waals surface area contributed by atoms with E-state index in [4.69, 9.17) is 0 Å². The van der Waals surface area contributed by atoms with Gasteiger partial charge >= 0.3 is 0 Å². The summed E-state index contributed by atoms with van der Waals surface area (Å²) in [5.41, 5.74) is -0.533. The maximum Gasteiger partial charge on any atom is 0.221 e. The summed E-state index contributed by atoms with van der Waals surface area (Å²) in [6.45, 7) is 7.83. The first kappa shape index (κ1) is 11.5. The quantitative estimate of drug-likeness (QED) is 0.670. The van der Waals surface area contributed by atoms with Crippen molar-refractivity contribution >= 4 is 5.91 Å². The lowest BCUT2D eigenvalue weighted by molar-refractivity contribution is -0.124. The Hall–Kier alpha value is -0.610. The van der Waals surface area contributed by atoms with Crippen molar-refractivity contribution in [2.75, 3.05) is 19.6 Å². The molecule has 0 atom stereocenters. The number of likely N-dealkylation sites (tertiary alicyclic amines) is 1. The van der Waals surface area contributed by atoms with E-state index in [1.807, 2.05) is 20.8 Å². The zero-order valence-electron chi connectivity index (χ0n) is 9.21. The number of amides is 1. The number of nitrogens with zero attached hydrogens (tertiary/aromatic N) is 1. The second-order valence-corrected chi connectivity index (χ2v) is 4.68. The maximum absolute atomic E-state index is 11.3. The van der Waals surface area contributed by atoms with Gasteiger partial charge in [0.15, 0.2) is 0 Å². The van der Waals surface area contributed by atoms with E-state index in [-0.39, 0.29) is 11.9 Å². The van der Waals surface area contributed by atoms with Crippen LogP contribution in [0, 0.1) is 0 Å². The molecule has 82 valence electrons. The summed E-state index contributed by atoms with van der Waals surface area (Å²) < 4.78 is 0. The fraction of sp³-hybridized carbons (Fsp3) is 0.900. The lowest BCUT2D eigenvalue weighted by atomic mass is 9.97. The largest absolute Gasteiger partial charge is 0.388 e. The molecule has 1 aliphatic rings. The lowest BCUT2D eigenvalue weighted by Gasteiger charge is -2.44. The molecule has 1 fully saturated rings. The summed E-state index contributed by atoms with van der Waals surface area (Å²) in [7, 11) is 0. The van der Waals surface area contributed by atoms with Gasteiger partial charge in [0, 0.05) is 32.1 Å². The minimum atomic E-state index is -0.533. The van der Waals surface area contributed by atoms with Crippen molar-refractivity contribution < 1.29 is 9.90 Å². The maximum atomic E-state index is 11.3. The van der Waals surface area contributed by atoms with E-state index in [2.05, 4.69) is 10.2 Å². The Labute approximate surface area is 85.3 Å². The van der Waals surface area contributed by atoms with Crippen molar-refractivity contribution in [3.05, 3.63) is 0 Å². The van der Waals surface area contributed by atoms with Gasteiger partial charge in [0.2, 0.25) is 5.91 Å². The summed E-state index contributed by atoms with van der Waals surface area (Å²) in [5.74, 6) is 0.0894. The van der Waals surface area contributed by atoms with Crippen LogP contribution in [-0.2, 0) is 4.79 Å². The minimum absolute atomic E-state index is 0.0894. The molecule has 0 saturated carbocycles. The van der Waals surface area contributed by atoms with Gasteiger partial charge in [-0.15, -0.1) is 0 Å². The predicted molar refractivity (Wildman–Crippen MR) is 55.0 cm³/mol. The molecule has 1 heterocycles. The number of nitrogens with one attached hydrogen (secondary N) is 1. The van der Waals surface area contributed by atoms with Crippen LogP contribution in [-0.4, -0.2) is 47.2 Å². The molecule has 0 aromatic rings. The first-order valence-corrected chi connectivity index (χ1v) is 5.13. The van der Waals surface area contributed by atoms with Crippen LogP contribution in [0.15, 0.2) is 0 Å². The van der Waals surface area contributed by atoms with E-state index >= 15 is 0 Å². The molecule has 2 N–H and O–H groups in total. The molecular weight excluding hydrogens is 180 g/mol. The summed E-state index contributed by atoms with van der Waals surface area (Å²) >= 11 is 0. The first-order chi connectivity index (χ1) is 6.39. The molecular formula is C10H20N2O2. The van der Waals surface area contributed by atoms with Crippen LogP contribution in [0.4, 0.5) is 0 Å². The van der Waals surface area contributed by atoms with E-state index < -0.39 is 5.60 Å². The van der Waals surface area contributed by atoms with E-state index in [9.17, 15) is 9.90 Å². The zero-order valence-corrected chi connectivity index (χ0v) is 9.21. The lowest BCUT2D eigenvalue weighted by Crippen LogP contribution is -2.60. The standard InChI is InChI=1S/C10H20N2O2/c1-8(2)11-9(13)4-5-12-6-10(3,14)7-12/h8,14H,4-7H2,1-3H3,(H,11,13). The topological polar surface area (TPSA) is 52.6 Å². The minimum Gasteiger partial charge on any atom is -0.388 e. The van der Waals surface area contributed by atoms with Gasteiger partial charge in [-0.25, -0.2) is 0 Å². The van der Waals surface area contributed by atoms with Gasteiger partial charge in [0.25, 0.3) is 0 Å². The fourth-order valence-electron chi connectivity index (χ4n) is 1.73. The van der Waals surface area contributed by atoms with Crippen molar-refractivity contribution in [1.29, 1.82) is 0 Å². The summed E-state index contributed by atoms with van der Waals surface area (Å²) in [6, 6.07) is 0.210. The van der Waals surface area contributed by atoms with Crippen LogP contribution in [0.5, 0.6) is 0 Å². The van der Waals surface area contributed by atoms with Gasteiger partial charge in [-0.3, -0.25) is 9.69 Å². The molecule has 1 saturated heterocycles. The molecule has 1 amide bonds. The van der Waals surface area contributed by atoms with E-state index in [1.54, 1.807) is 0 Å². The highest BCUT2D eigenvalue weighted by atomic mass is 16.3. The molecule has 0 aromatic carbocycles. The van der Waals surface area contributed by atoms with Crippen LogP contribution in [0.2, 0.25) is 0 Å². The number of hydrogen-bond acceptors (Lipinski definition) is 3. The van der Waals surface area contributed by atoms with E-state index in [1.165, 1.54) is 0 Å². The Morgan fingerprint density at radius 1 is 1.57 bits per heavy atom. The van der Waals surface area contributed by atoms with Gasteiger partial charge in [0.1, 0.15) is 0 Å². The molecule has 0 aliphatic carbocycles. The number of hydrogen-bond donors (Lipinski definition) is 2. The number of carbonyl (C=O) groups is 1. The van der Waals surface area contributed by atoms with Gasteiger partial charge < -0.3 is 10.4 Å². The van der Waals surface area contributed by atoms with Crippen LogP contribution in [0.1, 0.15) is 27.2 Å². The highest BCUT2D eigenvalue weighted by Crippen LogP contribution is 2.19. The van der Waals surface area contributed by atoms with Crippen molar-refractivity contribution in [3.63, 3.8) is 0 Å². The normalized spacial score (nSPS) is 20.6. The number of rotatable bonds is 4. The van der Waals surface area contributed by atoms with Crippen LogP contribution in [0.3, 0.4) is 0 Å². The summed E-state index contributed by atoms with van der Waals surface area (Å²) in [5, 5.41) is 12.3. The second kappa shape index (κ2) is 4.28. The van der Waals surface area contributed by atoms with Gasteiger partial charge in [-0.1, -0.05) is 0 Å². The Morgan fingerprint density at radius 2 is 2.14 bits per heavy atom. The molecule has 0 bridgehead atoms. The van der Waals surface area contributed by atoms with Gasteiger partial charge in [0.05, 0.1) is 5.60 Å². The van der Waals surface area contributed by atoms with Crippen molar-refractivity contribution in [3.8, 4) is 0 Å². The highest BCUT2D eigenvalue weighted by molar-refractivity contribution is 5.76. The molecule has 1 aliphatic heterocycles. The van der Waals surface area contributed by atoms with E-state index in [0.29, 0.717) is 19.5 Å². The van der Waals surface area contributed by atoms with Crippen molar-refractivity contribution in [2.45, 2.75) is 38.8 Å². The molecule has 0 unspecified atom stereocenters. The number of aliphatic hydroxyl groups is 1. The van der Waals surface area contributed by atoms with Crippen LogP contribution in [0.25, 0.3) is 0 Å². The first-order valence-electron chi connectivity index (χ1n) is 5.13. The zero-order chi connectivity index (χ0) is 10.8. The summed E-state index contributed by atoms with van der Waals surface area (Å²) in [6.07, 6.45) is 0.522. The summed E-state index contributed by atoms with van der Waals surface area (Å²) in [4.78, 5) is 13.3. The fourth-order valence-corrected chi connectivity index (χ4v) is 1.73. The average Bonchev–Trinajstić information content (AvgIpc) is 1.95. The smallest absolute Gasteiger partial charge is 0.221 e. The molecule has 1 rings (SSSR count). The van der Waals surface area contributed by atoms with Crippen LogP contribution >= 0.6 is 0 Å². The van der Waals surface area contributed by atoms with E-state index in [0.717, 1.165) is 6.54 Å². The van der Waals surface area contributed by atoms with Crippen molar-refractivity contribution in [2.24, 2.45) is 0 Å². The van der Waals surface area contributed by atoms with Crippen LogP contribution < -0.4 is 5.32 Å². The third-order valence-electron chi connectivity index (χ3n) is 2.23. The molecule has 4 heteroatoms.